The van der Waals surface area contributed by atoms with E-state index in [-0.39, 0.29) is 5.82 Å². The zero-order chi connectivity index (χ0) is 11.0. The first-order valence-corrected chi connectivity index (χ1v) is 5.47. The van der Waals surface area contributed by atoms with E-state index in [1.165, 1.54) is 11.6 Å². The molecule has 3 rings (SSSR count). The molecule has 0 radical (unpaired) electrons. The molecule has 0 bridgehead atoms. The Hall–Kier alpha value is -1.83. The first-order valence-electron chi connectivity index (χ1n) is 5.47. The van der Waals surface area contributed by atoms with Crippen LogP contribution in [0.1, 0.15) is 5.56 Å². The molecular weight excluding hydrogens is 201 g/mol. The van der Waals surface area contributed by atoms with Gasteiger partial charge in [0.05, 0.1) is 0 Å². The molecule has 2 aromatic carbocycles. The zero-order valence-corrected chi connectivity index (χ0v) is 8.83. The van der Waals surface area contributed by atoms with E-state index in [1.807, 2.05) is 24.3 Å². The molecule has 1 aliphatic rings. The maximum Gasteiger partial charge on any atom is 0.131 e. The molecule has 2 heteroatoms. The molecule has 0 spiro atoms. The first-order chi connectivity index (χ1) is 7.86. The number of fused-ring (bicyclic) bond motifs is 1. The Kier molecular flexibility index (Phi) is 2.13. The number of hydrogen-bond donors (Lipinski definition) is 1. The van der Waals surface area contributed by atoms with Gasteiger partial charge in [-0.3, -0.25) is 0 Å². The van der Waals surface area contributed by atoms with Crippen LogP contribution in [0, 0.1) is 5.82 Å². The third-order valence-corrected chi connectivity index (χ3v) is 3.01. The van der Waals surface area contributed by atoms with Crippen LogP contribution in [0.5, 0.6) is 0 Å². The first kappa shape index (κ1) is 9.40. The maximum atomic E-state index is 13.7. The molecule has 1 nitrogen and oxygen atoms in total. The van der Waals surface area contributed by atoms with Crippen LogP contribution in [0.2, 0.25) is 0 Å². The highest BCUT2D eigenvalue weighted by molar-refractivity contribution is 5.81. The average molecular weight is 213 g/mol. The Labute approximate surface area is 93.9 Å². The Balaban J connectivity index is 2.21. The number of para-hydroxylation sites is 1. The van der Waals surface area contributed by atoms with Crippen molar-refractivity contribution in [1.82, 2.24) is 0 Å². The van der Waals surface area contributed by atoms with Gasteiger partial charge in [0.2, 0.25) is 0 Å². The summed E-state index contributed by atoms with van der Waals surface area (Å²) in [6, 6.07) is 13.0. The standard InChI is InChI=1S/C14H12FN/c15-13-7-2-1-5-11(13)12-6-3-4-10-8-9-16-14(10)12/h1-7,16H,8-9H2. The number of anilines is 1. The van der Waals surface area contributed by atoms with Crippen molar-refractivity contribution < 1.29 is 4.39 Å². The largest absolute Gasteiger partial charge is 0.384 e. The van der Waals surface area contributed by atoms with Gasteiger partial charge in [0.15, 0.2) is 0 Å². The van der Waals surface area contributed by atoms with E-state index in [1.54, 1.807) is 6.07 Å². The van der Waals surface area contributed by atoms with Crippen LogP contribution in [-0.2, 0) is 6.42 Å². The predicted molar refractivity (Wildman–Crippen MR) is 64.0 cm³/mol. The lowest BCUT2D eigenvalue weighted by atomic mass is 10.0. The van der Waals surface area contributed by atoms with Crippen molar-refractivity contribution in [3.63, 3.8) is 0 Å². The molecule has 0 atom stereocenters. The van der Waals surface area contributed by atoms with Gasteiger partial charge in [-0.1, -0.05) is 36.4 Å². The summed E-state index contributed by atoms with van der Waals surface area (Å²) < 4.78 is 13.7. The molecule has 1 heterocycles. The highest BCUT2D eigenvalue weighted by atomic mass is 19.1. The second-order valence-electron chi connectivity index (χ2n) is 4.00. The molecular formula is C14H12FN. The average Bonchev–Trinajstić information content (AvgIpc) is 2.77. The molecule has 1 aliphatic heterocycles. The van der Waals surface area contributed by atoms with Crippen LogP contribution in [0.4, 0.5) is 10.1 Å². The summed E-state index contributed by atoms with van der Waals surface area (Å²) in [5, 5.41) is 3.33. The van der Waals surface area contributed by atoms with Gasteiger partial charge in [0.1, 0.15) is 5.82 Å². The van der Waals surface area contributed by atoms with Gasteiger partial charge in [-0.25, -0.2) is 4.39 Å². The molecule has 0 aromatic heterocycles. The van der Waals surface area contributed by atoms with Crippen molar-refractivity contribution in [2.75, 3.05) is 11.9 Å². The van der Waals surface area contributed by atoms with E-state index in [9.17, 15) is 4.39 Å². The second-order valence-corrected chi connectivity index (χ2v) is 4.00. The molecule has 0 saturated carbocycles. The second kappa shape index (κ2) is 3.63. The topological polar surface area (TPSA) is 12.0 Å². The fraction of sp³-hybridized carbons (Fsp3) is 0.143. The van der Waals surface area contributed by atoms with Crippen LogP contribution in [-0.4, -0.2) is 6.54 Å². The van der Waals surface area contributed by atoms with Crippen LogP contribution in [0.15, 0.2) is 42.5 Å². The number of nitrogens with one attached hydrogen (secondary N) is 1. The summed E-state index contributed by atoms with van der Waals surface area (Å²) in [5.74, 6) is -0.162. The van der Waals surface area contributed by atoms with Crippen molar-refractivity contribution in [3.05, 3.63) is 53.8 Å². The lowest BCUT2D eigenvalue weighted by Crippen LogP contribution is -1.94. The predicted octanol–water partition coefficient (Wildman–Crippen LogP) is 3.46. The van der Waals surface area contributed by atoms with E-state index in [4.69, 9.17) is 0 Å². The highest BCUT2D eigenvalue weighted by Gasteiger charge is 2.16. The van der Waals surface area contributed by atoms with Gasteiger partial charge in [0.25, 0.3) is 0 Å². The molecule has 2 aromatic rings. The fourth-order valence-corrected chi connectivity index (χ4v) is 2.24. The van der Waals surface area contributed by atoms with E-state index in [0.717, 1.165) is 24.2 Å². The third kappa shape index (κ3) is 1.38. The van der Waals surface area contributed by atoms with E-state index >= 15 is 0 Å². The van der Waals surface area contributed by atoms with E-state index < -0.39 is 0 Å². The van der Waals surface area contributed by atoms with Gasteiger partial charge < -0.3 is 5.32 Å². The summed E-state index contributed by atoms with van der Waals surface area (Å²) in [6.45, 7) is 0.945. The molecule has 0 saturated heterocycles. The molecule has 80 valence electrons. The number of benzene rings is 2. The quantitative estimate of drug-likeness (QED) is 0.765. The van der Waals surface area contributed by atoms with Gasteiger partial charge >= 0.3 is 0 Å². The Bertz CT molecular complexity index is 534. The minimum Gasteiger partial charge on any atom is -0.384 e. The van der Waals surface area contributed by atoms with Crippen LogP contribution in [0.25, 0.3) is 11.1 Å². The Morgan fingerprint density at radius 3 is 2.62 bits per heavy atom. The van der Waals surface area contributed by atoms with Crippen molar-refractivity contribution in [1.29, 1.82) is 0 Å². The molecule has 0 amide bonds. The van der Waals surface area contributed by atoms with E-state index in [0.29, 0.717) is 5.56 Å². The van der Waals surface area contributed by atoms with Gasteiger partial charge in [-0.15, -0.1) is 0 Å². The highest BCUT2D eigenvalue weighted by Crippen LogP contribution is 2.35. The number of halogens is 1. The van der Waals surface area contributed by atoms with Crippen molar-refractivity contribution in [2.24, 2.45) is 0 Å². The maximum absolute atomic E-state index is 13.7. The van der Waals surface area contributed by atoms with Gasteiger partial charge in [-0.2, -0.15) is 0 Å². The Morgan fingerprint density at radius 1 is 0.938 bits per heavy atom. The van der Waals surface area contributed by atoms with Gasteiger partial charge in [0, 0.05) is 23.4 Å². The molecule has 0 aliphatic carbocycles. The number of rotatable bonds is 1. The molecule has 0 fully saturated rings. The minimum atomic E-state index is -0.162. The van der Waals surface area contributed by atoms with Crippen molar-refractivity contribution in [3.8, 4) is 11.1 Å². The van der Waals surface area contributed by atoms with Crippen molar-refractivity contribution >= 4 is 5.69 Å². The lowest BCUT2D eigenvalue weighted by molar-refractivity contribution is 0.631. The third-order valence-electron chi connectivity index (χ3n) is 3.01. The molecule has 1 N–H and O–H groups in total. The summed E-state index contributed by atoms with van der Waals surface area (Å²) in [5.41, 5.74) is 4.01. The molecule has 16 heavy (non-hydrogen) atoms. The summed E-state index contributed by atoms with van der Waals surface area (Å²) in [7, 11) is 0. The summed E-state index contributed by atoms with van der Waals surface area (Å²) >= 11 is 0. The van der Waals surface area contributed by atoms with Crippen LogP contribution < -0.4 is 5.32 Å². The lowest BCUT2D eigenvalue weighted by Gasteiger charge is -2.09. The van der Waals surface area contributed by atoms with Gasteiger partial charge in [-0.05, 0) is 18.1 Å². The normalized spacial score (nSPS) is 13.3. The van der Waals surface area contributed by atoms with Crippen LogP contribution in [0.3, 0.4) is 0 Å². The smallest absolute Gasteiger partial charge is 0.131 e. The van der Waals surface area contributed by atoms with E-state index in [2.05, 4.69) is 11.4 Å². The van der Waals surface area contributed by atoms with Crippen molar-refractivity contribution in [2.45, 2.75) is 6.42 Å². The zero-order valence-electron chi connectivity index (χ0n) is 8.83. The number of hydrogen-bond acceptors (Lipinski definition) is 1. The minimum absolute atomic E-state index is 0.162. The van der Waals surface area contributed by atoms with Crippen LogP contribution >= 0.6 is 0 Å². The molecule has 0 unspecified atom stereocenters. The SMILES string of the molecule is Fc1ccccc1-c1cccc2c1NCC2. The Morgan fingerprint density at radius 2 is 1.75 bits per heavy atom. The fourth-order valence-electron chi connectivity index (χ4n) is 2.24. The summed E-state index contributed by atoms with van der Waals surface area (Å²) in [6.07, 6.45) is 1.03. The monoisotopic (exact) mass is 213 g/mol. The summed E-state index contributed by atoms with van der Waals surface area (Å²) in [4.78, 5) is 0.